The highest BCUT2D eigenvalue weighted by molar-refractivity contribution is 5.95. The third kappa shape index (κ3) is 1.54. The number of carbonyl (C=O) groups excluding carboxylic acids is 2. The monoisotopic (exact) mass is 260 g/mol. The van der Waals surface area contributed by atoms with Crippen molar-refractivity contribution in [1.82, 2.24) is 0 Å². The fraction of sp³-hybridized carbons (Fsp3) is 0.429. The van der Waals surface area contributed by atoms with Crippen LogP contribution in [0, 0.1) is 0 Å². The summed E-state index contributed by atoms with van der Waals surface area (Å²) < 4.78 is 5.00. The number of benzene rings is 1. The maximum atomic E-state index is 12.3. The number of carbonyl (C=O) groups is 2. The number of esters is 1. The number of ketones is 1. The first kappa shape index (κ1) is 12.0. The predicted octanol–water partition coefficient (Wildman–Crippen LogP) is 1.23. The van der Waals surface area contributed by atoms with Crippen LogP contribution in [-0.4, -0.2) is 24.9 Å². The van der Waals surface area contributed by atoms with E-state index in [2.05, 4.69) is 5.32 Å². The van der Waals surface area contributed by atoms with Gasteiger partial charge in [-0.25, -0.2) is 0 Å². The van der Waals surface area contributed by atoms with Gasteiger partial charge in [0.05, 0.1) is 13.2 Å². The molecule has 2 atom stereocenters. The molecule has 1 aromatic carbocycles. The average Bonchev–Trinajstić information content (AvgIpc) is 2.70. The molecule has 3 rings (SSSR count). The Bertz CT molecular complexity index is 570. The Morgan fingerprint density at radius 2 is 2.32 bits per heavy atom. The largest absolute Gasteiger partial charge is 0.468 e. The van der Waals surface area contributed by atoms with Gasteiger partial charge in [-0.1, -0.05) is 6.07 Å². The number of fused-ring (bicyclic) bond motifs is 3. The number of nitrogens with one attached hydrogen (secondary N) is 1. The van der Waals surface area contributed by atoms with Crippen molar-refractivity contribution >= 4 is 23.1 Å². The van der Waals surface area contributed by atoms with Gasteiger partial charge in [-0.3, -0.25) is 9.59 Å². The summed E-state index contributed by atoms with van der Waals surface area (Å²) >= 11 is 0. The highest BCUT2D eigenvalue weighted by Gasteiger charge is 2.56. The van der Waals surface area contributed by atoms with Gasteiger partial charge in [-0.05, 0) is 24.1 Å². The second-order valence-electron chi connectivity index (χ2n) is 5.21. The van der Waals surface area contributed by atoms with E-state index in [4.69, 9.17) is 10.5 Å². The SMILES string of the molecule is COC(=O)[C@@]12CCC(=O)C[C@@H]1Nc1cc(N)ccc12. The molecule has 1 aliphatic carbocycles. The van der Waals surface area contributed by atoms with Crippen LogP contribution >= 0.6 is 0 Å². The van der Waals surface area contributed by atoms with Gasteiger partial charge >= 0.3 is 5.97 Å². The number of methoxy groups -OCH3 is 1. The van der Waals surface area contributed by atoms with Crippen LogP contribution in [0.1, 0.15) is 24.8 Å². The Labute approximate surface area is 111 Å². The van der Waals surface area contributed by atoms with Crippen LogP contribution in [-0.2, 0) is 19.7 Å². The summed E-state index contributed by atoms with van der Waals surface area (Å²) in [5.41, 5.74) is 7.40. The molecule has 0 aromatic heterocycles. The molecular formula is C14H16N2O3. The molecule has 0 amide bonds. The molecule has 5 heteroatoms. The first-order valence-corrected chi connectivity index (χ1v) is 6.34. The lowest BCUT2D eigenvalue weighted by atomic mass is 9.68. The number of nitrogens with two attached hydrogens (primary N) is 1. The Balaban J connectivity index is 2.15. The minimum absolute atomic E-state index is 0.179. The molecule has 3 N–H and O–H groups in total. The molecule has 0 spiro atoms. The van der Waals surface area contributed by atoms with Crippen molar-refractivity contribution in [1.29, 1.82) is 0 Å². The van der Waals surface area contributed by atoms with Crippen molar-refractivity contribution in [2.45, 2.75) is 30.7 Å². The molecule has 1 fully saturated rings. The van der Waals surface area contributed by atoms with Crippen LogP contribution in [0.2, 0.25) is 0 Å². The van der Waals surface area contributed by atoms with E-state index in [1.165, 1.54) is 7.11 Å². The van der Waals surface area contributed by atoms with E-state index in [1.54, 1.807) is 6.07 Å². The van der Waals surface area contributed by atoms with Crippen LogP contribution in [0.25, 0.3) is 0 Å². The highest BCUT2D eigenvalue weighted by atomic mass is 16.5. The molecule has 2 aliphatic rings. The van der Waals surface area contributed by atoms with Crippen molar-refractivity contribution in [3.05, 3.63) is 23.8 Å². The number of rotatable bonds is 1. The summed E-state index contributed by atoms with van der Waals surface area (Å²) in [5, 5.41) is 3.26. The zero-order valence-electron chi connectivity index (χ0n) is 10.7. The molecule has 0 bridgehead atoms. The van der Waals surface area contributed by atoms with Crippen LogP contribution in [0.4, 0.5) is 11.4 Å². The number of hydrogen-bond donors (Lipinski definition) is 2. The van der Waals surface area contributed by atoms with E-state index < -0.39 is 5.41 Å². The first-order valence-electron chi connectivity index (χ1n) is 6.34. The molecule has 19 heavy (non-hydrogen) atoms. The minimum atomic E-state index is -0.744. The molecule has 1 aliphatic heterocycles. The number of hydrogen-bond acceptors (Lipinski definition) is 5. The molecular weight excluding hydrogens is 244 g/mol. The first-order chi connectivity index (χ1) is 9.07. The quantitative estimate of drug-likeness (QED) is 0.586. The summed E-state index contributed by atoms with van der Waals surface area (Å²) in [6.45, 7) is 0. The second kappa shape index (κ2) is 3.98. The van der Waals surface area contributed by atoms with Gasteiger partial charge in [-0.2, -0.15) is 0 Å². The summed E-state index contributed by atoms with van der Waals surface area (Å²) in [5.74, 6) is -0.0983. The van der Waals surface area contributed by atoms with Gasteiger partial charge in [0.1, 0.15) is 11.2 Å². The van der Waals surface area contributed by atoms with Gasteiger partial charge in [0.2, 0.25) is 0 Å². The average molecular weight is 260 g/mol. The normalized spacial score (nSPS) is 28.3. The van der Waals surface area contributed by atoms with E-state index in [1.807, 2.05) is 12.1 Å². The van der Waals surface area contributed by atoms with Gasteiger partial charge in [0, 0.05) is 24.2 Å². The Kier molecular flexibility index (Phi) is 2.52. The maximum Gasteiger partial charge on any atom is 0.318 e. The molecule has 100 valence electrons. The summed E-state index contributed by atoms with van der Waals surface area (Å²) in [4.78, 5) is 24.0. The standard InChI is InChI=1S/C14H16N2O3/c1-19-13(18)14-5-4-9(17)7-12(14)16-11-6-8(15)2-3-10(11)14/h2-3,6,12,16H,4-5,7,15H2,1H3/t12-,14+/m0/s1. The second-order valence-corrected chi connectivity index (χ2v) is 5.21. The third-order valence-electron chi connectivity index (χ3n) is 4.23. The minimum Gasteiger partial charge on any atom is -0.468 e. The lowest BCUT2D eigenvalue weighted by Gasteiger charge is -2.36. The van der Waals surface area contributed by atoms with E-state index >= 15 is 0 Å². The fourth-order valence-corrected chi connectivity index (χ4v) is 3.31. The zero-order valence-corrected chi connectivity index (χ0v) is 10.7. The zero-order chi connectivity index (χ0) is 13.6. The van der Waals surface area contributed by atoms with Crippen molar-refractivity contribution < 1.29 is 14.3 Å². The third-order valence-corrected chi connectivity index (χ3v) is 4.23. The summed E-state index contributed by atoms with van der Waals surface area (Å²) in [6.07, 6.45) is 1.26. The van der Waals surface area contributed by atoms with Gasteiger partial charge < -0.3 is 15.8 Å². The van der Waals surface area contributed by atoms with Crippen molar-refractivity contribution in [2.75, 3.05) is 18.2 Å². The number of Topliss-reactive ketones (excluding diaryl/α,β-unsaturated/α-hetero) is 1. The van der Waals surface area contributed by atoms with E-state index in [0.717, 1.165) is 11.3 Å². The van der Waals surface area contributed by atoms with Crippen molar-refractivity contribution in [2.24, 2.45) is 0 Å². The molecule has 1 saturated carbocycles. The van der Waals surface area contributed by atoms with Crippen molar-refractivity contribution in [3.63, 3.8) is 0 Å². The van der Waals surface area contributed by atoms with Gasteiger partial charge in [-0.15, -0.1) is 0 Å². The summed E-state index contributed by atoms with van der Waals surface area (Å²) in [7, 11) is 1.39. The molecule has 0 unspecified atom stereocenters. The molecule has 0 radical (unpaired) electrons. The van der Waals surface area contributed by atoms with E-state index in [9.17, 15) is 9.59 Å². The molecule has 1 heterocycles. The smallest absolute Gasteiger partial charge is 0.318 e. The van der Waals surface area contributed by atoms with Gasteiger partial charge in [0.25, 0.3) is 0 Å². The Morgan fingerprint density at radius 3 is 3.05 bits per heavy atom. The lowest BCUT2D eigenvalue weighted by molar-refractivity contribution is -0.149. The van der Waals surface area contributed by atoms with Crippen molar-refractivity contribution in [3.8, 4) is 0 Å². The lowest BCUT2D eigenvalue weighted by Crippen LogP contribution is -2.50. The van der Waals surface area contributed by atoms with Crippen LogP contribution in [0.3, 0.4) is 0 Å². The highest BCUT2D eigenvalue weighted by Crippen LogP contribution is 2.49. The molecule has 0 saturated heterocycles. The number of ether oxygens (including phenoxy) is 1. The van der Waals surface area contributed by atoms with E-state index in [-0.39, 0.29) is 17.8 Å². The summed E-state index contributed by atoms with van der Waals surface area (Å²) in [6, 6.07) is 5.23. The van der Waals surface area contributed by atoms with Crippen LogP contribution in [0.15, 0.2) is 18.2 Å². The van der Waals surface area contributed by atoms with Crippen LogP contribution < -0.4 is 11.1 Å². The molecule has 1 aromatic rings. The predicted molar refractivity (Wildman–Crippen MR) is 70.8 cm³/mol. The maximum absolute atomic E-state index is 12.3. The Morgan fingerprint density at radius 1 is 1.53 bits per heavy atom. The molecule has 5 nitrogen and oxygen atoms in total. The topological polar surface area (TPSA) is 81.4 Å². The van der Waals surface area contributed by atoms with Crippen LogP contribution in [0.5, 0.6) is 0 Å². The number of nitrogen functional groups attached to an aromatic ring is 1. The Hall–Kier alpha value is -2.04. The number of anilines is 2. The van der Waals surface area contributed by atoms with E-state index in [0.29, 0.717) is 24.9 Å². The van der Waals surface area contributed by atoms with Gasteiger partial charge in [0.15, 0.2) is 0 Å². The fourth-order valence-electron chi connectivity index (χ4n) is 3.31.